The largest absolute Gasteiger partial charge is 0.432 e. The van der Waals surface area contributed by atoms with E-state index in [0.717, 1.165) is 16.6 Å². The molecule has 0 spiro atoms. The maximum Gasteiger partial charge on any atom is 0.432 e. The summed E-state index contributed by atoms with van der Waals surface area (Å²) in [6, 6.07) is 9.39. The third-order valence-electron chi connectivity index (χ3n) is 1.81. The Kier molecular flexibility index (Phi) is 2.06. The lowest BCUT2D eigenvalue weighted by molar-refractivity contribution is -0.973. The van der Waals surface area contributed by atoms with E-state index in [2.05, 4.69) is 0 Å². The summed E-state index contributed by atoms with van der Waals surface area (Å²) in [4.78, 5) is 12.4. The first-order valence-corrected chi connectivity index (χ1v) is 4.12. The minimum atomic E-state index is -0.580. The van der Waals surface area contributed by atoms with E-state index >= 15 is 0 Å². The molecule has 5 nitrogen and oxygen atoms in total. The maximum atomic E-state index is 10.7. The van der Waals surface area contributed by atoms with E-state index in [0.29, 0.717) is 11.4 Å². The van der Waals surface area contributed by atoms with Crippen molar-refractivity contribution in [2.45, 2.75) is 6.54 Å². The van der Waals surface area contributed by atoms with Crippen LogP contribution in [0.25, 0.3) is 0 Å². The Labute approximate surface area is 79.3 Å². The predicted octanol–water partition coefficient (Wildman–Crippen LogP) is 0.0144. The van der Waals surface area contributed by atoms with Crippen LogP contribution in [0.4, 0.5) is 0 Å². The van der Waals surface area contributed by atoms with Gasteiger partial charge in [0.1, 0.15) is 11.4 Å². The molecule has 0 fully saturated rings. The van der Waals surface area contributed by atoms with Crippen LogP contribution >= 0.6 is 0 Å². The molecular formula is C9H9N2O3+. The van der Waals surface area contributed by atoms with E-state index in [1.165, 1.54) is 0 Å². The SMILES string of the molecule is O=c1c[n+](O)n(Cc2ccccc2)o1. The molecule has 0 aliphatic carbocycles. The second-order valence-corrected chi connectivity index (χ2v) is 2.86. The fourth-order valence-electron chi connectivity index (χ4n) is 1.17. The molecule has 1 aromatic heterocycles. The molecule has 0 bridgehead atoms. The van der Waals surface area contributed by atoms with Crippen LogP contribution in [0.2, 0.25) is 0 Å². The molecule has 0 saturated heterocycles. The highest BCUT2D eigenvalue weighted by Gasteiger charge is 2.12. The molecule has 2 rings (SSSR count). The van der Waals surface area contributed by atoms with Gasteiger partial charge in [0.05, 0.1) is 0 Å². The van der Waals surface area contributed by atoms with E-state index in [1.54, 1.807) is 0 Å². The fourth-order valence-corrected chi connectivity index (χ4v) is 1.17. The zero-order valence-corrected chi connectivity index (χ0v) is 7.33. The predicted molar refractivity (Wildman–Crippen MR) is 45.9 cm³/mol. The molecule has 0 aliphatic rings. The van der Waals surface area contributed by atoms with E-state index in [4.69, 9.17) is 4.52 Å². The normalized spacial score (nSPS) is 10.3. The standard InChI is InChI=1S/C9H9N2O3/c12-9-7-10(13)11(14-9)6-8-4-2-1-3-5-8/h1-5,7,13H,6H2/q+1. The first kappa shape index (κ1) is 8.55. The Morgan fingerprint density at radius 1 is 1.36 bits per heavy atom. The van der Waals surface area contributed by atoms with E-state index in [9.17, 15) is 10.0 Å². The molecule has 5 heteroatoms. The highest BCUT2D eigenvalue weighted by molar-refractivity contribution is 5.13. The Balaban J connectivity index is 2.27. The third kappa shape index (κ3) is 1.66. The van der Waals surface area contributed by atoms with Crippen molar-refractivity contribution in [3.05, 3.63) is 52.5 Å². The van der Waals surface area contributed by atoms with Crippen molar-refractivity contribution in [1.29, 1.82) is 0 Å². The van der Waals surface area contributed by atoms with Crippen LogP contribution in [0.5, 0.6) is 0 Å². The zero-order chi connectivity index (χ0) is 9.97. The maximum absolute atomic E-state index is 10.7. The Morgan fingerprint density at radius 2 is 2.07 bits per heavy atom. The number of nitrogens with zero attached hydrogens (tertiary/aromatic N) is 2. The lowest BCUT2D eigenvalue weighted by atomic mass is 10.2. The first-order chi connectivity index (χ1) is 6.75. The number of rotatable bonds is 2. The van der Waals surface area contributed by atoms with Gasteiger partial charge in [0.2, 0.25) is 0 Å². The molecule has 0 unspecified atom stereocenters. The van der Waals surface area contributed by atoms with E-state index < -0.39 is 5.63 Å². The van der Waals surface area contributed by atoms with Crippen molar-refractivity contribution in [1.82, 2.24) is 4.85 Å². The Hall–Kier alpha value is -2.04. The summed E-state index contributed by atoms with van der Waals surface area (Å²) < 4.78 is 4.69. The minimum Gasteiger partial charge on any atom is -0.277 e. The molecule has 72 valence electrons. The number of hydrogen-bond acceptors (Lipinski definition) is 3. The molecule has 0 atom stereocenters. The summed E-state index contributed by atoms with van der Waals surface area (Å²) in [7, 11) is 0. The summed E-state index contributed by atoms with van der Waals surface area (Å²) in [5.74, 6) is 0. The van der Waals surface area contributed by atoms with Crippen molar-refractivity contribution in [3.8, 4) is 0 Å². The lowest BCUT2D eigenvalue weighted by Gasteiger charge is -1.94. The van der Waals surface area contributed by atoms with E-state index in [-0.39, 0.29) is 0 Å². The summed E-state index contributed by atoms with van der Waals surface area (Å²) in [6.07, 6.45) is 0.961. The molecule has 2 aromatic rings. The van der Waals surface area contributed by atoms with Crippen LogP contribution < -0.4 is 10.5 Å². The molecule has 1 aromatic carbocycles. The van der Waals surface area contributed by atoms with Crippen molar-refractivity contribution >= 4 is 0 Å². The first-order valence-electron chi connectivity index (χ1n) is 4.12. The van der Waals surface area contributed by atoms with Gasteiger partial charge in [-0.25, -0.2) is 4.79 Å². The van der Waals surface area contributed by atoms with Gasteiger partial charge in [0, 0.05) is 4.85 Å². The lowest BCUT2D eigenvalue weighted by Crippen LogP contribution is -2.39. The molecule has 14 heavy (non-hydrogen) atoms. The summed E-state index contributed by atoms with van der Waals surface area (Å²) >= 11 is 0. The van der Waals surface area contributed by atoms with Gasteiger partial charge in [0.15, 0.2) is 0 Å². The van der Waals surface area contributed by atoms with Gasteiger partial charge in [0.25, 0.3) is 0 Å². The second-order valence-electron chi connectivity index (χ2n) is 2.86. The Bertz CT molecular complexity index is 472. The molecular weight excluding hydrogens is 184 g/mol. The summed E-state index contributed by atoms with van der Waals surface area (Å²) in [5.41, 5.74) is 0.359. The second kappa shape index (κ2) is 3.37. The summed E-state index contributed by atoms with van der Waals surface area (Å²) in [6.45, 7) is 0.319. The smallest absolute Gasteiger partial charge is 0.277 e. The number of hydrogen-bond donors (Lipinski definition) is 1. The Morgan fingerprint density at radius 3 is 2.64 bits per heavy atom. The van der Waals surface area contributed by atoms with Crippen molar-refractivity contribution in [2.75, 3.05) is 0 Å². The van der Waals surface area contributed by atoms with E-state index in [1.807, 2.05) is 30.3 Å². The van der Waals surface area contributed by atoms with Gasteiger partial charge in [-0.1, -0.05) is 30.3 Å². The molecule has 0 saturated carbocycles. The van der Waals surface area contributed by atoms with Gasteiger partial charge in [-0.2, -0.15) is 0 Å². The van der Waals surface area contributed by atoms with Crippen LogP contribution in [0, 0.1) is 0 Å². The van der Waals surface area contributed by atoms with Crippen molar-refractivity contribution < 1.29 is 14.6 Å². The molecule has 0 amide bonds. The van der Waals surface area contributed by atoms with Crippen molar-refractivity contribution in [3.63, 3.8) is 0 Å². The topological polar surface area (TPSA) is 59.2 Å². The van der Waals surface area contributed by atoms with Crippen LogP contribution in [-0.4, -0.2) is 10.1 Å². The minimum absolute atomic E-state index is 0.319. The van der Waals surface area contributed by atoms with Gasteiger partial charge >= 0.3 is 11.8 Å². The average Bonchev–Trinajstić information content (AvgIpc) is 2.47. The number of benzene rings is 1. The molecule has 1 N–H and O–H groups in total. The monoisotopic (exact) mass is 193 g/mol. The average molecular weight is 193 g/mol. The van der Waals surface area contributed by atoms with Gasteiger partial charge in [-0.15, -0.1) is 0 Å². The fraction of sp³-hybridized carbons (Fsp3) is 0.111. The van der Waals surface area contributed by atoms with Gasteiger partial charge in [-0.3, -0.25) is 9.73 Å². The molecule has 0 radical (unpaired) electrons. The third-order valence-corrected chi connectivity index (χ3v) is 1.81. The van der Waals surface area contributed by atoms with Crippen LogP contribution in [0.3, 0.4) is 0 Å². The highest BCUT2D eigenvalue weighted by Crippen LogP contribution is 1.98. The van der Waals surface area contributed by atoms with Crippen LogP contribution in [0.15, 0.2) is 45.8 Å². The molecule has 1 heterocycles. The van der Waals surface area contributed by atoms with Gasteiger partial charge < -0.3 is 0 Å². The van der Waals surface area contributed by atoms with Gasteiger partial charge in [-0.05, 0) is 5.56 Å². The van der Waals surface area contributed by atoms with Crippen LogP contribution in [0.1, 0.15) is 5.56 Å². The van der Waals surface area contributed by atoms with Crippen LogP contribution in [-0.2, 0) is 6.54 Å². The van der Waals surface area contributed by atoms with Crippen molar-refractivity contribution in [2.24, 2.45) is 0 Å². The number of aromatic nitrogens is 2. The molecule has 0 aliphatic heterocycles. The quantitative estimate of drug-likeness (QED) is 0.540. The zero-order valence-electron chi connectivity index (χ0n) is 7.33. The summed E-state index contributed by atoms with van der Waals surface area (Å²) in [5, 5.41) is 9.18. The highest BCUT2D eigenvalue weighted by atomic mass is 16.6.